The molecule has 3 heteroatoms. The molecule has 0 saturated carbocycles. The van der Waals surface area contributed by atoms with Crippen molar-refractivity contribution >= 4 is 52.4 Å². The standard InChI is InChI=1S/C20H18OSi2/c21-20-18(23)10-13-6-2-4-8-16(13)19(20)17-11-14(22)9-12-5-1-3-7-15(12)17/h1-11,21H,22-23H3. The van der Waals surface area contributed by atoms with E-state index in [1.165, 1.54) is 21.3 Å². The number of fused-ring (bicyclic) bond motifs is 2. The van der Waals surface area contributed by atoms with Crippen LogP contribution in [0.5, 0.6) is 5.75 Å². The van der Waals surface area contributed by atoms with Crippen molar-refractivity contribution in [2.24, 2.45) is 0 Å². The van der Waals surface area contributed by atoms with Gasteiger partial charge in [-0.3, -0.25) is 0 Å². The number of hydrogen-bond donors (Lipinski definition) is 1. The van der Waals surface area contributed by atoms with Crippen LogP contribution in [0.15, 0.2) is 66.7 Å². The summed E-state index contributed by atoms with van der Waals surface area (Å²) in [5.74, 6) is 0.452. The fourth-order valence-electron chi connectivity index (χ4n) is 3.42. The molecule has 23 heavy (non-hydrogen) atoms. The summed E-state index contributed by atoms with van der Waals surface area (Å²) in [5.41, 5.74) is 2.14. The van der Waals surface area contributed by atoms with E-state index in [0.717, 1.165) is 42.2 Å². The molecule has 0 aromatic heterocycles. The zero-order chi connectivity index (χ0) is 16.0. The van der Waals surface area contributed by atoms with Gasteiger partial charge in [0.1, 0.15) is 5.75 Å². The van der Waals surface area contributed by atoms with Gasteiger partial charge in [-0.15, -0.1) is 0 Å². The van der Waals surface area contributed by atoms with Crippen LogP contribution in [0.3, 0.4) is 0 Å². The number of phenolic OH excluding ortho intramolecular Hbond substituents is 1. The highest BCUT2D eigenvalue weighted by atomic mass is 28.1. The molecule has 0 spiro atoms. The minimum absolute atomic E-state index is 0.452. The Morgan fingerprint density at radius 1 is 0.696 bits per heavy atom. The summed E-state index contributed by atoms with van der Waals surface area (Å²) in [5, 5.41) is 18.0. The van der Waals surface area contributed by atoms with Crippen LogP contribution in [-0.2, 0) is 0 Å². The lowest BCUT2D eigenvalue weighted by molar-refractivity contribution is 0.482. The minimum Gasteiger partial charge on any atom is -0.507 e. The van der Waals surface area contributed by atoms with E-state index in [0.29, 0.717) is 5.75 Å². The predicted molar refractivity (Wildman–Crippen MR) is 108 cm³/mol. The topological polar surface area (TPSA) is 20.2 Å². The van der Waals surface area contributed by atoms with E-state index in [1.54, 1.807) is 0 Å². The first kappa shape index (κ1) is 14.2. The van der Waals surface area contributed by atoms with Crippen molar-refractivity contribution in [3.05, 3.63) is 66.7 Å². The fraction of sp³-hybridized carbons (Fsp3) is 0. The molecule has 1 N–H and O–H groups in total. The average molecular weight is 331 g/mol. The highest BCUT2D eigenvalue weighted by Crippen LogP contribution is 2.38. The molecule has 0 aliphatic carbocycles. The van der Waals surface area contributed by atoms with E-state index >= 15 is 0 Å². The Hall–Kier alpha value is -2.37. The van der Waals surface area contributed by atoms with E-state index < -0.39 is 0 Å². The van der Waals surface area contributed by atoms with Crippen LogP contribution in [0.25, 0.3) is 32.7 Å². The third-order valence-electron chi connectivity index (χ3n) is 4.49. The zero-order valence-electron chi connectivity index (χ0n) is 13.3. The second-order valence-electron chi connectivity index (χ2n) is 6.17. The van der Waals surface area contributed by atoms with Gasteiger partial charge in [0.05, 0.1) is 0 Å². The van der Waals surface area contributed by atoms with Crippen LogP contribution >= 0.6 is 0 Å². The van der Waals surface area contributed by atoms with Crippen LogP contribution in [0.2, 0.25) is 0 Å². The Morgan fingerprint density at radius 2 is 1.30 bits per heavy atom. The lowest BCUT2D eigenvalue weighted by Gasteiger charge is -2.15. The molecule has 112 valence electrons. The third-order valence-corrected chi connectivity index (χ3v) is 5.83. The van der Waals surface area contributed by atoms with E-state index in [4.69, 9.17) is 0 Å². The molecule has 0 aliphatic heterocycles. The largest absolute Gasteiger partial charge is 0.507 e. The van der Waals surface area contributed by atoms with Crippen molar-refractivity contribution in [3.63, 3.8) is 0 Å². The van der Waals surface area contributed by atoms with Crippen molar-refractivity contribution in [2.45, 2.75) is 0 Å². The molecule has 0 heterocycles. The van der Waals surface area contributed by atoms with E-state index in [2.05, 4.69) is 60.7 Å². The molecule has 4 rings (SSSR count). The maximum absolute atomic E-state index is 10.8. The quantitative estimate of drug-likeness (QED) is 0.522. The number of hydrogen-bond acceptors (Lipinski definition) is 1. The van der Waals surface area contributed by atoms with Gasteiger partial charge >= 0.3 is 0 Å². The SMILES string of the molecule is Oc1c([SiH3])cc2ccccc2c1-c1cc([SiH3])cc2ccccc12. The van der Waals surface area contributed by atoms with Gasteiger partial charge in [0.25, 0.3) is 0 Å². The molecule has 1 nitrogen and oxygen atoms in total. The number of phenols is 1. The van der Waals surface area contributed by atoms with Gasteiger partial charge in [0.15, 0.2) is 0 Å². The van der Waals surface area contributed by atoms with Crippen LogP contribution in [0.4, 0.5) is 0 Å². The van der Waals surface area contributed by atoms with E-state index in [-0.39, 0.29) is 0 Å². The maximum Gasteiger partial charge on any atom is 0.122 e. The Labute approximate surface area is 141 Å². The molecule has 0 saturated heterocycles. The molecule has 0 bridgehead atoms. The molecule has 0 aliphatic rings. The number of aromatic hydroxyl groups is 1. The molecular weight excluding hydrogens is 312 g/mol. The molecule has 0 fully saturated rings. The van der Waals surface area contributed by atoms with Gasteiger partial charge in [-0.05, 0) is 32.3 Å². The Kier molecular flexibility index (Phi) is 3.32. The maximum atomic E-state index is 10.8. The molecule has 4 aromatic rings. The first-order valence-electron chi connectivity index (χ1n) is 7.86. The predicted octanol–water partition coefficient (Wildman–Crippen LogP) is 1.35. The second kappa shape index (κ2) is 5.37. The Balaban J connectivity index is 2.21. The summed E-state index contributed by atoms with van der Waals surface area (Å²) in [6.45, 7) is 0. The van der Waals surface area contributed by atoms with Crippen molar-refractivity contribution in [1.82, 2.24) is 0 Å². The summed E-state index contributed by atoms with van der Waals surface area (Å²) >= 11 is 0. The summed E-state index contributed by atoms with van der Waals surface area (Å²) in [7, 11) is 1.83. The molecule has 0 atom stereocenters. The Morgan fingerprint density at radius 3 is 2.04 bits per heavy atom. The minimum atomic E-state index is 0.452. The van der Waals surface area contributed by atoms with Crippen LogP contribution < -0.4 is 10.4 Å². The van der Waals surface area contributed by atoms with Crippen molar-refractivity contribution in [1.29, 1.82) is 0 Å². The van der Waals surface area contributed by atoms with Crippen molar-refractivity contribution in [3.8, 4) is 16.9 Å². The van der Waals surface area contributed by atoms with Crippen molar-refractivity contribution < 1.29 is 5.11 Å². The van der Waals surface area contributed by atoms with Gasteiger partial charge in [-0.1, -0.05) is 71.9 Å². The smallest absolute Gasteiger partial charge is 0.122 e. The lowest BCUT2D eigenvalue weighted by atomic mass is 9.93. The van der Waals surface area contributed by atoms with Gasteiger partial charge in [-0.25, -0.2) is 0 Å². The first-order valence-corrected chi connectivity index (χ1v) is 9.86. The monoisotopic (exact) mass is 330 g/mol. The highest BCUT2D eigenvalue weighted by molar-refractivity contribution is 6.37. The molecule has 0 radical (unpaired) electrons. The average Bonchev–Trinajstić information content (AvgIpc) is 2.55. The third kappa shape index (κ3) is 2.29. The summed E-state index contributed by atoms with van der Waals surface area (Å²) < 4.78 is 0. The fourth-order valence-corrected chi connectivity index (χ4v) is 4.58. The molecule has 0 unspecified atom stereocenters. The summed E-state index contributed by atoms with van der Waals surface area (Å²) in [4.78, 5) is 0. The van der Waals surface area contributed by atoms with Crippen LogP contribution in [0.1, 0.15) is 0 Å². The van der Waals surface area contributed by atoms with Gasteiger partial charge in [-0.2, -0.15) is 0 Å². The van der Waals surface area contributed by atoms with E-state index in [1.807, 2.05) is 6.07 Å². The highest BCUT2D eigenvalue weighted by Gasteiger charge is 2.15. The van der Waals surface area contributed by atoms with Gasteiger partial charge in [0.2, 0.25) is 0 Å². The Bertz CT molecular complexity index is 1050. The van der Waals surface area contributed by atoms with E-state index in [9.17, 15) is 5.11 Å². The normalized spacial score (nSPS) is 11.5. The summed E-state index contributed by atoms with van der Waals surface area (Å²) in [6.07, 6.45) is 0. The number of rotatable bonds is 1. The molecular formula is C20H18OSi2. The van der Waals surface area contributed by atoms with Crippen LogP contribution in [-0.4, -0.2) is 25.6 Å². The molecule has 0 amide bonds. The zero-order valence-corrected chi connectivity index (χ0v) is 17.3. The first-order chi connectivity index (χ1) is 11.1. The van der Waals surface area contributed by atoms with Crippen molar-refractivity contribution in [2.75, 3.05) is 0 Å². The second-order valence-corrected chi connectivity index (χ2v) is 8.40. The lowest BCUT2D eigenvalue weighted by Crippen LogP contribution is -2.07. The van der Waals surface area contributed by atoms with Crippen LogP contribution in [0, 0.1) is 0 Å². The molecule has 4 aromatic carbocycles. The van der Waals surface area contributed by atoms with Gasteiger partial charge < -0.3 is 5.11 Å². The van der Waals surface area contributed by atoms with Gasteiger partial charge in [0, 0.05) is 26.0 Å². The number of benzene rings is 4. The summed E-state index contributed by atoms with van der Waals surface area (Å²) in [6, 6.07) is 23.4.